The Balaban J connectivity index is 2.35. The first-order chi connectivity index (χ1) is 6.87. The number of amides is 1. The first-order valence-electron chi connectivity index (χ1n) is 4.44. The van der Waals surface area contributed by atoms with Crippen molar-refractivity contribution >= 4 is 29.0 Å². The Hall–Kier alpha value is -0.810. The first kappa shape index (κ1) is 12.3. The third-order valence-electron chi connectivity index (χ3n) is 1.31. The van der Waals surface area contributed by atoms with Crippen LogP contribution in [0.1, 0.15) is 25.8 Å². The van der Waals surface area contributed by atoms with Crippen LogP contribution in [-0.4, -0.2) is 16.7 Å². The summed E-state index contributed by atoms with van der Waals surface area (Å²) in [5.74, 6) is 0. The van der Waals surface area contributed by atoms with Crippen LogP contribution < -0.4 is 5.32 Å². The minimum atomic E-state index is -0.482. The Morgan fingerprint density at radius 3 is 2.80 bits per heavy atom. The second-order valence-corrected chi connectivity index (χ2v) is 5.66. The number of alkyl carbamates (subject to hydrolysis) is 1. The molecule has 0 radical (unpaired) electrons. The van der Waals surface area contributed by atoms with Crippen LogP contribution in [0, 0.1) is 0 Å². The van der Waals surface area contributed by atoms with Gasteiger partial charge in [0.1, 0.15) is 14.9 Å². The predicted molar refractivity (Wildman–Crippen MR) is 60.2 cm³/mol. The highest BCUT2D eigenvalue weighted by molar-refractivity contribution is 7.15. The number of carbonyl (C=O) groups excluding carboxylic acids is 1. The maximum absolute atomic E-state index is 11.2. The third kappa shape index (κ3) is 4.99. The molecule has 1 aromatic rings. The molecule has 0 saturated heterocycles. The summed E-state index contributed by atoms with van der Waals surface area (Å²) in [6.07, 6.45) is 1.10. The Kier molecular flexibility index (Phi) is 3.93. The summed E-state index contributed by atoms with van der Waals surface area (Å²) in [5.41, 5.74) is -0.482. The van der Waals surface area contributed by atoms with E-state index in [1.54, 1.807) is 6.20 Å². The molecule has 1 N–H and O–H groups in total. The minimum absolute atomic E-state index is 0.340. The van der Waals surface area contributed by atoms with Gasteiger partial charge >= 0.3 is 6.09 Å². The molecule has 6 heteroatoms. The average molecular weight is 249 g/mol. The van der Waals surface area contributed by atoms with Crippen LogP contribution in [0.2, 0.25) is 4.34 Å². The number of nitrogens with one attached hydrogen (secondary N) is 1. The Bertz CT molecular complexity index is 346. The van der Waals surface area contributed by atoms with E-state index in [0.717, 1.165) is 5.01 Å². The van der Waals surface area contributed by atoms with E-state index in [-0.39, 0.29) is 0 Å². The maximum Gasteiger partial charge on any atom is 0.408 e. The number of thiazole rings is 1. The van der Waals surface area contributed by atoms with Crippen LogP contribution in [0.4, 0.5) is 4.79 Å². The van der Waals surface area contributed by atoms with Crippen molar-refractivity contribution in [2.24, 2.45) is 0 Å². The number of carbonyl (C=O) groups is 1. The van der Waals surface area contributed by atoms with Gasteiger partial charge in [-0.25, -0.2) is 9.78 Å². The average Bonchev–Trinajstić information content (AvgIpc) is 2.45. The first-order valence-corrected chi connectivity index (χ1v) is 5.63. The standard InChI is InChI=1S/C9H13ClN2O2S/c1-9(2,3)14-8(13)12-5-7-11-4-6(10)15-7/h4H,5H2,1-3H3,(H,12,13). The van der Waals surface area contributed by atoms with Crippen molar-refractivity contribution < 1.29 is 9.53 Å². The highest BCUT2D eigenvalue weighted by atomic mass is 35.5. The SMILES string of the molecule is CC(C)(C)OC(=O)NCc1ncc(Cl)s1. The van der Waals surface area contributed by atoms with Crippen molar-refractivity contribution in [3.05, 3.63) is 15.5 Å². The molecule has 1 amide bonds. The maximum atomic E-state index is 11.2. The molecule has 0 unspecified atom stereocenters. The molecule has 0 spiro atoms. The van der Waals surface area contributed by atoms with Gasteiger partial charge in [-0.3, -0.25) is 0 Å². The largest absolute Gasteiger partial charge is 0.444 e. The number of rotatable bonds is 2. The lowest BCUT2D eigenvalue weighted by atomic mass is 10.2. The fraction of sp³-hybridized carbons (Fsp3) is 0.556. The molecule has 15 heavy (non-hydrogen) atoms. The van der Waals surface area contributed by atoms with E-state index >= 15 is 0 Å². The van der Waals surface area contributed by atoms with E-state index in [0.29, 0.717) is 10.9 Å². The monoisotopic (exact) mass is 248 g/mol. The fourth-order valence-electron chi connectivity index (χ4n) is 0.832. The van der Waals surface area contributed by atoms with Gasteiger partial charge < -0.3 is 10.1 Å². The molecule has 1 aromatic heterocycles. The molecule has 1 heterocycles. The molecule has 0 bridgehead atoms. The van der Waals surface area contributed by atoms with Gasteiger partial charge in [0.2, 0.25) is 0 Å². The van der Waals surface area contributed by atoms with Crippen molar-refractivity contribution in [3.63, 3.8) is 0 Å². The van der Waals surface area contributed by atoms with Gasteiger partial charge in [-0.05, 0) is 20.8 Å². The Morgan fingerprint density at radius 2 is 2.33 bits per heavy atom. The van der Waals surface area contributed by atoms with Crippen molar-refractivity contribution in [1.82, 2.24) is 10.3 Å². The summed E-state index contributed by atoms with van der Waals surface area (Å²) in [4.78, 5) is 15.2. The van der Waals surface area contributed by atoms with Crippen molar-refractivity contribution in [3.8, 4) is 0 Å². The number of halogens is 1. The Labute approximate surface area is 97.6 Å². The van der Waals surface area contributed by atoms with Gasteiger partial charge in [-0.2, -0.15) is 0 Å². The highest BCUT2D eigenvalue weighted by Crippen LogP contribution is 2.17. The van der Waals surface area contributed by atoms with Gasteiger partial charge in [-0.1, -0.05) is 11.6 Å². The number of ether oxygens (including phenoxy) is 1. The van der Waals surface area contributed by atoms with Crippen molar-refractivity contribution in [2.45, 2.75) is 32.9 Å². The second kappa shape index (κ2) is 4.81. The summed E-state index contributed by atoms with van der Waals surface area (Å²) in [6, 6.07) is 0. The summed E-state index contributed by atoms with van der Waals surface area (Å²) in [5, 5.41) is 3.35. The second-order valence-electron chi connectivity index (χ2n) is 3.91. The summed E-state index contributed by atoms with van der Waals surface area (Å²) in [7, 11) is 0. The molecule has 0 aromatic carbocycles. The molecule has 0 fully saturated rings. The van der Waals surface area contributed by atoms with E-state index in [9.17, 15) is 4.79 Å². The van der Waals surface area contributed by atoms with Gasteiger partial charge in [0, 0.05) is 0 Å². The molecular formula is C9H13ClN2O2S. The number of nitrogens with zero attached hydrogens (tertiary/aromatic N) is 1. The quantitative estimate of drug-likeness (QED) is 0.876. The predicted octanol–water partition coefficient (Wildman–Crippen LogP) is 2.82. The van der Waals surface area contributed by atoms with Gasteiger partial charge in [-0.15, -0.1) is 11.3 Å². The molecule has 0 aliphatic heterocycles. The molecule has 4 nitrogen and oxygen atoms in total. The van der Waals surface area contributed by atoms with Crippen LogP contribution >= 0.6 is 22.9 Å². The number of aromatic nitrogens is 1. The zero-order chi connectivity index (χ0) is 11.5. The van der Waals surface area contributed by atoms with E-state index < -0.39 is 11.7 Å². The highest BCUT2D eigenvalue weighted by Gasteiger charge is 2.15. The summed E-state index contributed by atoms with van der Waals surface area (Å²) >= 11 is 7.03. The van der Waals surface area contributed by atoms with E-state index in [4.69, 9.17) is 16.3 Å². The van der Waals surface area contributed by atoms with Crippen LogP contribution in [-0.2, 0) is 11.3 Å². The molecular weight excluding hydrogens is 236 g/mol. The van der Waals surface area contributed by atoms with Gasteiger partial charge in [0.05, 0.1) is 12.7 Å². The van der Waals surface area contributed by atoms with Crippen molar-refractivity contribution in [2.75, 3.05) is 0 Å². The van der Waals surface area contributed by atoms with Crippen LogP contribution in [0.3, 0.4) is 0 Å². The Morgan fingerprint density at radius 1 is 1.67 bits per heavy atom. The third-order valence-corrected chi connectivity index (χ3v) is 2.42. The van der Waals surface area contributed by atoms with E-state index in [2.05, 4.69) is 10.3 Å². The number of hydrogen-bond donors (Lipinski definition) is 1. The lowest BCUT2D eigenvalue weighted by Crippen LogP contribution is -2.32. The van der Waals surface area contributed by atoms with Gasteiger partial charge in [0.25, 0.3) is 0 Å². The normalized spacial score (nSPS) is 11.2. The minimum Gasteiger partial charge on any atom is -0.444 e. The molecule has 84 valence electrons. The molecule has 0 saturated carbocycles. The molecule has 0 aliphatic rings. The molecule has 0 aliphatic carbocycles. The summed E-state index contributed by atoms with van der Waals surface area (Å²) < 4.78 is 5.67. The lowest BCUT2D eigenvalue weighted by Gasteiger charge is -2.19. The van der Waals surface area contributed by atoms with Crippen molar-refractivity contribution in [1.29, 1.82) is 0 Å². The van der Waals surface area contributed by atoms with Crippen LogP contribution in [0.5, 0.6) is 0 Å². The van der Waals surface area contributed by atoms with E-state index in [1.165, 1.54) is 11.3 Å². The topological polar surface area (TPSA) is 51.2 Å². The fourth-order valence-corrected chi connectivity index (χ4v) is 1.73. The van der Waals surface area contributed by atoms with E-state index in [1.807, 2.05) is 20.8 Å². The molecule has 1 rings (SSSR count). The summed E-state index contributed by atoms with van der Waals surface area (Å²) in [6.45, 7) is 5.78. The molecule has 0 atom stereocenters. The van der Waals surface area contributed by atoms with Crippen LogP contribution in [0.25, 0.3) is 0 Å². The smallest absolute Gasteiger partial charge is 0.408 e. The zero-order valence-corrected chi connectivity index (χ0v) is 10.4. The number of hydrogen-bond acceptors (Lipinski definition) is 4. The zero-order valence-electron chi connectivity index (χ0n) is 8.83. The van der Waals surface area contributed by atoms with Gasteiger partial charge in [0.15, 0.2) is 0 Å². The van der Waals surface area contributed by atoms with Crippen LogP contribution in [0.15, 0.2) is 6.20 Å². The lowest BCUT2D eigenvalue weighted by molar-refractivity contribution is 0.0523.